The van der Waals surface area contributed by atoms with Crippen LogP contribution in [-0.2, 0) is 45.6 Å². The van der Waals surface area contributed by atoms with Gasteiger partial charge in [-0.2, -0.15) is 19.1 Å². The van der Waals surface area contributed by atoms with E-state index < -0.39 is 0 Å². The summed E-state index contributed by atoms with van der Waals surface area (Å²) in [5.41, 5.74) is 12.5. The first kappa shape index (κ1) is 41.4. The molecular formula is C32H47FN4OY+. The number of rotatable bonds is 5. The van der Waals surface area contributed by atoms with Crippen molar-refractivity contribution >= 4 is 0 Å². The average molecular weight is 612 g/mol. The molecule has 0 aliphatic heterocycles. The second-order valence-electron chi connectivity index (χ2n) is 7.79. The van der Waals surface area contributed by atoms with E-state index in [1.54, 1.807) is 25.3 Å². The topological polar surface area (TPSA) is 85.4 Å². The largest absolute Gasteiger partial charge is 3.00 e. The molecule has 2 heterocycles. The number of nitrogens with zero attached hydrogens (tertiary/aromatic N) is 3. The number of hydrogen-bond donors (Lipinski definition) is 0. The summed E-state index contributed by atoms with van der Waals surface area (Å²) in [7, 11) is 0. The van der Waals surface area contributed by atoms with E-state index in [1.165, 1.54) is 25.0 Å². The molecule has 1 aromatic carbocycles. The maximum Gasteiger partial charge on any atom is 3.00 e. The van der Waals surface area contributed by atoms with Crippen LogP contribution in [-0.4, -0.2) is 28.5 Å². The molecule has 0 saturated heterocycles. The molecule has 0 spiro atoms. The Balaban J connectivity index is -0.000000858. The maximum absolute atomic E-state index is 13.1. The van der Waals surface area contributed by atoms with Crippen molar-refractivity contribution in [1.82, 2.24) is 9.97 Å². The zero-order chi connectivity index (χ0) is 28.1. The third-order valence-corrected chi connectivity index (χ3v) is 5.00. The van der Waals surface area contributed by atoms with E-state index in [0.29, 0.717) is 25.9 Å². The van der Waals surface area contributed by atoms with Gasteiger partial charge in [-0.15, -0.1) is 12.1 Å². The fraction of sp³-hybridized carbons (Fsp3) is 0.438. The molecule has 7 heteroatoms. The van der Waals surface area contributed by atoms with Crippen LogP contribution in [0.4, 0.5) is 4.39 Å². The molecule has 0 bridgehead atoms. The predicted octanol–water partition coefficient (Wildman–Crippen LogP) is 8.33. The third kappa shape index (κ3) is 18.0. The van der Waals surface area contributed by atoms with E-state index in [-0.39, 0.29) is 44.0 Å². The van der Waals surface area contributed by atoms with Crippen molar-refractivity contribution in [2.24, 2.45) is 5.92 Å². The number of nitrogens with one attached hydrogen (secondary N) is 1. The van der Waals surface area contributed by atoms with Gasteiger partial charge in [-0.25, -0.2) is 4.39 Å². The van der Waals surface area contributed by atoms with E-state index >= 15 is 0 Å². The molecule has 0 amide bonds. The molecule has 4 rings (SSSR count). The minimum atomic E-state index is -0.249. The van der Waals surface area contributed by atoms with Crippen LogP contribution in [0.2, 0.25) is 0 Å². The molecule has 5 nitrogen and oxygen atoms in total. The number of aromatic nitrogens is 2. The van der Waals surface area contributed by atoms with Crippen molar-refractivity contribution in [1.29, 1.82) is 0 Å². The molecule has 210 valence electrons. The summed E-state index contributed by atoms with van der Waals surface area (Å²) in [4.78, 5) is 13.2. The number of benzene rings is 1. The Labute approximate surface area is 262 Å². The Morgan fingerprint density at radius 1 is 1.08 bits per heavy atom. The quantitative estimate of drug-likeness (QED) is 0.272. The van der Waals surface area contributed by atoms with Gasteiger partial charge in [-0.1, -0.05) is 81.6 Å². The first-order valence-electron chi connectivity index (χ1n) is 13.4. The molecule has 1 fully saturated rings. The van der Waals surface area contributed by atoms with Crippen LogP contribution in [0, 0.1) is 44.6 Å². The predicted molar refractivity (Wildman–Crippen MR) is 161 cm³/mol. The van der Waals surface area contributed by atoms with Gasteiger partial charge in [0.25, 0.3) is 12.6 Å². The number of aryl methyl sites for hydroxylation is 2. The van der Waals surface area contributed by atoms with Crippen LogP contribution in [0.3, 0.4) is 0 Å². The van der Waals surface area contributed by atoms with Gasteiger partial charge in [0.15, 0.2) is 0 Å². The van der Waals surface area contributed by atoms with Crippen LogP contribution >= 0.6 is 0 Å². The summed E-state index contributed by atoms with van der Waals surface area (Å²) < 4.78 is 13.1. The fourth-order valence-electron chi connectivity index (χ4n) is 2.97. The molecule has 2 aromatic heterocycles. The van der Waals surface area contributed by atoms with Gasteiger partial charge in [0.2, 0.25) is 0 Å². The molecular weight excluding hydrogens is 564 g/mol. The minimum absolute atomic E-state index is 0. The van der Waals surface area contributed by atoms with Gasteiger partial charge in [-0.3, -0.25) is 4.98 Å². The molecule has 1 saturated carbocycles. The van der Waals surface area contributed by atoms with Crippen molar-refractivity contribution in [3.05, 3.63) is 101 Å². The molecule has 3 N–H and O–H groups in total. The Bertz CT molecular complexity index is 1060. The zero-order valence-corrected chi connectivity index (χ0v) is 27.8. The second kappa shape index (κ2) is 26.2. The van der Waals surface area contributed by atoms with Gasteiger partial charge >= 0.3 is 32.7 Å². The Morgan fingerprint density at radius 2 is 1.69 bits per heavy atom. The van der Waals surface area contributed by atoms with Crippen LogP contribution in [0.1, 0.15) is 70.0 Å². The van der Waals surface area contributed by atoms with Gasteiger partial charge < -0.3 is 23.1 Å². The van der Waals surface area contributed by atoms with Crippen molar-refractivity contribution < 1.29 is 42.6 Å². The summed E-state index contributed by atoms with van der Waals surface area (Å²) in [6, 6.07) is 18.6. The smallest absolute Gasteiger partial charge is 0.677 e. The van der Waals surface area contributed by atoms with Crippen molar-refractivity contribution in [2.45, 2.75) is 74.1 Å². The van der Waals surface area contributed by atoms with Crippen LogP contribution in [0.25, 0.3) is 21.8 Å². The molecule has 39 heavy (non-hydrogen) atoms. The third-order valence-electron chi connectivity index (χ3n) is 5.00. The Morgan fingerprint density at radius 3 is 2.21 bits per heavy atom. The summed E-state index contributed by atoms with van der Waals surface area (Å²) in [6.07, 6.45) is 5.84. The van der Waals surface area contributed by atoms with E-state index in [2.05, 4.69) is 33.9 Å². The molecule has 0 unspecified atom stereocenters. The number of hydrogen-bond acceptors (Lipinski definition) is 2. The molecule has 1 aliphatic carbocycles. The molecule has 0 radical (unpaired) electrons. The van der Waals surface area contributed by atoms with Crippen LogP contribution in [0.15, 0.2) is 48.7 Å². The monoisotopic (exact) mass is 611 g/mol. The molecule has 1 aliphatic rings. The molecule has 3 aromatic rings. The SMILES string of the molecule is CC.CC.Cc1cc(CC#[N+]CCc2c[c-]c(C)c(-c3ccc(F)cc3)n2)ccn1.O.[CH2-]C.[NH-]CC1CC1.[Y+3]. The standard InChI is InChI=1S/C22H20FN3.C4H8N.2C2H6.C2H5.H2O.Y/c1-16-3-8-21(26-22(16)19-4-6-20(23)7-5-19)11-13-24-12-9-18-10-14-25-17(2)15-18;5-3-4-1-2-4;3*1-2;;/h4-8,10,14-15H,9,11,13H2,1-2H3;4-5H,1-3H2;2*1-2H3;1H2,2H3;1H2;/q;-1;;;-1;;+3. The normalized spacial score (nSPS) is 10.3. The van der Waals surface area contributed by atoms with E-state index in [4.69, 9.17) is 5.73 Å². The molecule has 0 atom stereocenters. The van der Waals surface area contributed by atoms with Gasteiger partial charge in [0.05, 0.1) is 0 Å². The van der Waals surface area contributed by atoms with E-state index in [9.17, 15) is 4.39 Å². The van der Waals surface area contributed by atoms with E-state index in [0.717, 1.165) is 39.7 Å². The van der Waals surface area contributed by atoms with Gasteiger partial charge in [0.1, 0.15) is 12.2 Å². The van der Waals surface area contributed by atoms with Crippen LogP contribution in [0.5, 0.6) is 0 Å². The summed E-state index contributed by atoms with van der Waals surface area (Å²) in [5, 5.41) is 0. The maximum atomic E-state index is 13.1. The van der Waals surface area contributed by atoms with Crippen molar-refractivity contribution in [2.75, 3.05) is 13.1 Å². The fourth-order valence-corrected chi connectivity index (χ4v) is 2.97. The second-order valence-corrected chi connectivity index (χ2v) is 7.79. The van der Waals surface area contributed by atoms with Crippen molar-refractivity contribution in [3.8, 4) is 17.3 Å². The number of pyridine rings is 2. The van der Waals surface area contributed by atoms with Crippen molar-refractivity contribution in [3.63, 3.8) is 0 Å². The van der Waals surface area contributed by atoms with Gasteiger partial charge in [0, 0.05) is 18.3 Å². The van der Waals surface area contributed by atoms with Gasteiger partial charge in [-0.05, 0) is 42.4 Å². The first-order chi connectivity index (χ1) is 18.0. The average Bonchev–Trinajstić information content (AvgIpc) is 3.79. The Kier molecular flexibility index (Phi) is 27.8. The Hall–Kier alpha value is -2.04. The summed E-state index contributed by atoms with van der Waals surface area (Å²) in [6.45, 7) is 18.2. The summed E-state index contributed by atoms with van der Waals surface area (Å²) in [5.74, 6) is 0.552. The van der Waals surface area contributed by atoms with E-state index in [1.807, 2.05) is 59.7 Å². The first-order valence-corrected chi connectivity index (χ1v) is 13.4. The zero-order valence-electron chi connectivity index (χ0n) is 24.9. The minimum Gasteiger partial charge on any atom is -0.677 e. The van der Waals surface area contributed by atoms with Crippen LogP contribution < -0.4 is 0 Å². The summed E-state index contributed by atoms with van der Waals surface area (Å²) >= 11 is 0. The number of halogens is 1.